The average molecular weight is 265 g/mol. The Balaban J connectivity index is 1.86. The predicted octanol–water partition coefficient (Wildman–Crippen LogP) is 2.26. The molecule has 0 saturated heterocycles. The van der Waals surface area contributed by atoms with Crippen LogP contribution in [0, 0.1) is 0 Å². The third-order valence-electron chi connectivity index (χ3n) is 2.35. The van der Waals surface area contributed by atoms with E-state index in [9.17, 15) is 4.79 Å². The van der Waals surface area contributed by atoms with Gasteiger partial charge in [-0.25, -0.2) is 0 Å². The van der Waals surface area contributed by atoms with E-state index in [1.165, 1.54) is 0 Å². The number of aromatic nitrogens is 2. The fourth-order valence-corrected chi connectivity index (χ4v) is 2.08. The Labute approximate surface area is 109 Å². The Morgan fingerprint density at radius 3 is 3.17 bits per heavy atom. The summed E-state index contributed by atoms with van der Waals surface area (Å²) in [6.45, 7) is 2.73. The number of hydrogen-bond donors (Lipinski definition) is 1. The molecule has 18 heavy (non-hydrogen) atoms. The fraction of sp³-hybridized carbons (Fsp3) is 0.417. The zero-order chi connectivity index (χ0) is 12.8. The van der Waals surface area contributed by atoms with E-state index in [1.807, 2.05) is 24.4 Å². The summed E-state index contributed by atoms with van der Waals surface area (Å²) in [6, 6.07) is 3.88. The standard InChI is InChI=1S/C12H15N3O2S/c1-2-7-13-10(16)5-6-11-14-12(15-17-11)9-4-3-8-18-9/h3-4,8H,2,5-7H2,1H3,(H,13,16). The van der Waals surface area contributed by atoms with Gasteiger partial charge in [0.25, 0.3) is 0 Å². The van der Waals surface area contributed by atoms with Gasteiger partial charge in [0, 0.05) is 19.4 Å². The van der Waals surface area contributed by atoms with Gasteiger partial charge in [-0.05, 0) is 17.9 Å². The van der Waals surface area contributed by atoms with Crippen LogP contribution in [0.2, 0.25) is 0 Å². The number of amides is 1. The average Bonchev–Trinajstić information content (AvgIpc) is 3.03. The Kier molecular flexibility index (Phi) is 4.46. The Hall–Kier alpha value is -1.69. The zero-order valence-electron chi connectivity index (χ0n) is 10.2. The minimum Gasteiger partial charge on any atom is -0.356 e. The molecule has 2 aromatic rings. The molecule has 2 heterocycles. The number of thiophene rings is 1. The van der Waals surface area contributed by atoms with Crippen LogP contribution in [0.5, 0.6) is 0 Å². The molecule has 96 valence electrons. The quantitative estimate of drug-likeness (QED) is 0.870. The summed E-state index contributed by atoms with van der Waals surface area (Å²) in [7, 11) is 0. The summed E-state index contributed by atoms with van der Waals surface area (Å²) in [6.07, 6.45) is 1.80. The smallest absolute Gasteiger partial charge is 0.227 e. The van der Waals surface area contributed by atoms with Crippen LogP contribution in [0.4, 0.5) is 0 Å². The largest absolute Gasteiger partial charge is 0.356 e. The molecular weight excluding hydrogens is 250 g/mol. The van der Waals surface area contributed by atoms with E-state index in [-0.39, 0.29) is 5.91 Å². The van der Waals surface area contributed by atoms with Crippen molar-refractivity contribution in [3.05, 3.63) is 23.4 Å². The highest BCUT2D eigenvalue weighted by Gasteiger charge is 2.10. The van der Waals surface area contributed by atoms with Crippen molar-refractivity contribution in [3.63, 3.8) is 0 Å². The van der Waals surface area contributed by atoms with Gasteiger partial charge in [0.15, 0.2) is 0 Å². The van der Waals surface area contributed by atoms with Gasteiger partial charge in [0.2, 0.25) is 17.6 Å². The van der Waals surface area contributed by atoms with Gasteiger partial charge in [0.1, 0.15) is 0 Å². The van der Waals surface area contributed by atoms with Crippen LogP contribution in [-0.2, 0) is 11.2 Å². The minimum absolute atomic E-state index is 0.0210. The topological polar surface area (TPSA) is 68.0 Å². The van der Waals surface area contributed by atoms with Crippen molar-refractivity contribution in [1.82, 2.24) is 15.5 Å². The highest BCUT2D eigenvalue weighted by Crippen LogP contribution is 2.21. The molecule has 2 rings (SSSR count). The molecular formula is C12H15N3O2S. The van der Waals surface area contributed by atoms with Crippen molar-refractivity contribution in [3.8, 4) is 10.7 Å². The molecule has 0 saturated carbocycles. The van der Waals surface area contributed by atoms with E-state index in [2.05, 4.69) is 15.5 Å². The lowest BCUT2D eigenvalue weighted by atomic mass is 10.3. The number of aryl methyl sites for hydroxylation is 1. The number of carbonyl (C=O) groups excluding carboxylic acids is 1. The van der Waals surface area contributed by atoms with Gasteiger partial charge in [-0.3, -0.25) is 4.79 Å². The summed E-state index contributed by atoms with van der Waals surface area (Å²) in [5.74, 6) is 1.12. The highest BCUT2D eigenvalue weighted by atomic mass is 32.1. The van der Waals surface area contributed by atoms with Crippen LogP contribution >= 0.6 is 11.3 Å². The first-order valence-corrected chi connectivity index (χ1v) is 6.80. The van der Waals surface area contributed by atoms with Crippen LogP contribution in [0.15, 0.2) is 22.0 Å². The molecule has 2 aromatic heterocycles. The first kappa shape index (κ1) is 12.8. The monoisotopic (exact) mass is 265 g/mol. The van der Waals surface area contributed by atoms with E-state index in [4.69, 9.17) is 4.52 Å². The fourth-order valence-electron chi connectivity index (χ4n) is 1.44. The van der Waals surface area contributed by atoms with Crippen molar-refractivity contribution in [1.29, 1.82) is 0 Å². The first-order chi connectivity index (χ1) is 8.79. The second kappa shape index (κ2) is 6.30. The van der Waals surface area contributed by atoms with E-state index in [0.29, 0.717) is 31.1 Å². The SMILES string of the molecule is CCCNC(=O)CCc1nc(-c2cccs2)no1. The lowest BCUT2D eigenvalue weighted by molar-refractivity contribution is -0.121. The van der Waals surface area contributed by atoms with Crippen LogP contribution in [0.25, 0.3) is 10.7 Å². The molecule has 0 aliphatic rings. The second-order valence-corrected chi connectivity index (χ2v) is 4.79. The second-order valence-electron chi connectivity index (χ2n) is 3.84. The summed E-state index contributed by atoms with van der Waals surface area (Å²) < 4.78 is 5.11. The molecule has 0 atom stereocenters. The first-order valence-electron chi connectivity index (χ1n) is 5.92. The van der Waals surface area contributed by atoms with Gasteiger partial charge in [0.05, 0.1) is 4.88 Å². The molecule has 1 amide bonds. The Morgan fingerprint density at radius 2 is 2.44 bits per heavy atom. The summed E-state index contributed by atoms with van der Waals surface area (Å²) >= 11 is 1.56. The number of carbonyl (C=O) groups is 1. The van der Waals surface area contributed by atoms with Gasteiger partial charge in [-0.1, -0.05) is 18.1 Å². The molecule has 1 N–H and O–H groups in total. The molecule has 0 aliphatic heterocycles. The predicted molar refractivity (Wildman–Crippen MR) is 69.2 cm³/mol. The van der Waals surface area contributed by atoms with Gasteiger partial charge < -0.3 is 9.84 Å². The lowest BCUT2D eigenvalue weighted by Gasteiger charge is -2.00. The maximum absolute atomic E-state index is 11.4. The number of rotatable bonds is 6. The molecule has 0 unspecified atom stereocenters. The maximum Gasteiger partial charge on any atom is 0.227 e. The zero-order valence-corrected chi connectivity index (χ0v) is 11.0. The number of nitrogens with zero attached hydrogens (tertiary/aromatic N) is 2. The molecule has 0 aliphatic carbocycles. The van der Waals surface area contributed by atoms with E-state index in [1.54, 1.807) is 11.3 Å². The van der Waals surface area contributed by atoms with Crippen LogP contribution in [-0.4, -0.2) is 22.6 Å². The summed E-state index contributed by atoms with van der Waals surface area (Å²) in [5.41, 5.74) is 0. The van der Waals surface area contributed by atoms with Crippen molar-refractivity contribution in [2.45, 2.75) is 26.2 Å². The van der Waals surface area contributed by atoms with Crippen LogP contribution in [0.1, 0.15) is 25.7 Å². The Morgan fingerprint density at radius 1 is 1.56 bits per heavy atom. The van der Waals surface area contributed by atoms with Crippen molar-refractivity contribution < 1.29 is 9.32 Å². The third-order valence-corrected chi connectivity index (χ3v) is 3.21. The molecule has 0 aromatic carbocycles. The normalized spacial score (nSPS) is 10.5. The molecule has 0 fully saturated rings. The van der Waals surface area contributed by atoms with Crippen LogP contribution in [0.3, 0.4) is 0 Å². The van der Waals surface area contributed by atoms with Gasteiger partial charge in [-0.2, -0.15) is 4.98 Å². The third kappa shape index (κ3) is 3.40. The molecule has 0 spiro atoms. The highest BCUT2D eigenvalue weighted by molar-refractivity contribution is 7.13. The molecule has 0 radical (unpaired) electrons. The number of hydrogen-bond acceptors (Lipinski definition) is 5. The minimum atomic E-state index is 0.0210. The van der Waals surface area contributed by atoms with E-state index < -0.39 is 0 Å². The number of nitrogens with one attached hydrogen (secondary N) is 1. The van der Waals surface area contributed by atoms with Crippen molar-refractivity contribution in [2.75, 3.05) is 6.54 Å². The lowest BCUT2D eigenvalue weighted by Crippen LogP contribution is -2.24. The Bertz CT molecular complexity index is 493. The summed E-state index contributed by atoms with van der Waals surface area (Å²) in [5, 5.41) is 8.66. The van der Waals surface area contributed by atoms with Crippen molar-refractivity contribution >= 4 is 17.2 Å². The molecule has 6 heteroatoms. The van der Waals surface area contributed by atoms with E-state index >= 15 is 0 Å². The van der Waals surface area contributed by atoms with Crippen LogP contribution < -0.4 is 5.32 Å². The maximum atomic E-state index is 11.4. The molecule has 0 bridgehead atoms. The summed E-state index contributed by atoms with van der Waals surface area (Å²) in [4.78, 5) is 16.6. The van der Waals surface area contributed by atoms with E-state index in [0.717, 1.165) is 11.3 Å². The molecule has 5 nitrogen and oxygen atoms in total. The van der Waals surface area contributed by atoms with Crippen molar-refractivity contribution in [2.24, 2.45) is 0 Å². The van der Waals surface area contributed by atoms with Gasteiger partial charge >= 0.3 is 0 Å². The van der Waals surface area contributed by atoms with Gasteiger partial charge in [-0.15, -0.1) is 11.3 Å².